The maximum Gasteiger partial charge on any atom is 0.149 e. The van der Waals surface area contributed by atoms with Crippen molar-refractivity contribution in [1.82, 2.24) is 0 Å². The third-order valence-corrected chi connectivity index (χ3v) is 3.65. The fourth-order valence-corrected chi connectivity index (χ4v) is 2.60. The van der Waals surface area contributed by atoms with Crippen LogP contribution in [-0.2, 0) is 4.79 Å². The molecule has 2 saturated carbocycles. The Kier molecular flexibility index (Phi) is 2.41. The minimum Gasteiger partial charge on any atom is -0.322 e. The second kappa shape index (κ2) is 3.41. The molecular weight excluding hydrogens is 162 g/mol. The number of nitrogens with two attached hydrogens (primary N) is 1. The van der Waals surface area contributed by atoms with Crippen molar-refractivity contribution < 1.29 is 4.79 Å². The van der Waals surface area contributed by atoms with Crippen LogP contribution in [0, 0.1) is 17.8 Å². The molecule has 0 aromatic carbocycles. The third-order valence-electron chi connectivity index (χ3n) is 3.65. The van der Waals surface area contributed by atoms with Crippen molar-refractivity contribution in [3.05, 3.63) is 0 Å². The molecule has 74 valence electrons. The first-order valence-electron chi connectivity index (χ1n) is 5.45. The fourth-order valence-electron chi connectivity index (χ4n) is 2.60. The summed E-state index contributed by atoms with van der Waals surface area (Å²) < 4.78 is 0. The van der Waals surface area contributed by atoms with E-state index in [-0.39, 0.29) is 11.8 Å². The zero-order chi connectivity index (χ0) is 9.42. The van der Waals surface area contributed by atoms with E-state index in [0.29, 0.717) is 5.92 Å². The zero-order valence-corrected chi connectivity index (χ0v) is 8.33. The van der Waals surface area contributed by atoms with Gasteiger partial charge in [0.1, 0.15) is 5.78 Å². The summed E-state index contributed by atoms with van der Waals surface area (Å²) in [6, 6.07) is -0.253. The van der Waals surface area contributed by atoms with E-state index in [2.05, 4.69) is 0 Å². The summed E-state index contributed by atoms with van der Waals surface area (Å²) in [5, 5.41) is 0. The van der Waals surface area contributed by atoms with E-state index in [1.165, 1.54) is 25.7 Å². The summed E-state index contributed by atoms with van der Waals surface area (Å²) in [4.78, 5) is 11.4. The molecule has 0 aromatic rings. The first kappa shape index (κ1) is 9.20. The van der Waals surface area contributed by atoms with E-state index in [4.69, 9.17) is 5.73 Å². The number of hydrogen-bond donors (Lipinski definition) is 1. The van der Waals surface area contributed by atoms with E-state index < -0.39 is 0 Å². The standard InChI is InChI=1S/C11H19NO/c1-7(12)11(13)5-8-2-3-9-6-10(9)4-8/h7-10H,2-6,12H2,1H3/t7-,8?,9?,10?/m0/s1. The highest BCUT2D eigenvalue weighted by Gasteiger charge is 2.42. The van der Waals surface area contributed by atoms with E-state index in [1.807, 2.05) is 0 Å². The van der Waals surface area contributed by atoms with Crippen molar-refractivity contribution in [2.24, 2.45) is 23.5 Å². The molecule has 0 saturated heterocycles. The Morgan fingerprint density at radius 1 is 1.38 bits per heavy atom. The topological polar surface area (TPSA) is 43.1 Å². The summed E-state index contributed by atoms with van der Waals surface area (Å²) in [5.74, 6) is 2.91. The Labute approximate surface area is 79.9 Å². The fraction of sp³-hybridized carbons (Fsp3) is 0.909. The second-order valence-electron chi connectivity index (χ2n) is 4.89. The Hall–Kier alpha value is -0.370. The number of ketones is 1. The van der Waals surface area contributed by atoms with E-state index in [1.54, 1.807) is 6.92 Å². The van der Waals surface area contributed by atoms with Gasteiger partial charge in [-0.3, -0.25) is 4.79 Å². The van der Waals surface area contributed by atoms with Crippen LogP contribution in [0.15, 0.2) is 0 Å². The van der Waals surface area contributed by atoms with E-state index >= 15 is 0 Å². The average molecular weight is 181 g/mol. The highest BCUT2D eigenvalue weighted by molar-refractivity contribution is 5.83. The van der Waals surface area contributed by atoms with Crippen LogP contribution in [0.5, 0.6) is 0 Å². The zero-order valence-electron chi connectivity index (χ0n) is 8.33. The molecule has 3 unspecified atom stereocenters. The number of fused-ring (bicyclic) bond motifs is 1. The van der Waals surface area contributed by atoms with E-state index in [0.717, 1.165) is 18.3 Å². The Balaban J connectivity index is 1.78. The quantitative estimate of drug-likeness (QED) is 0.720. The first-order chi connectivity index (χ1) is 6.16. The lowest BCUT2D eigenvalue weighted by Crippen LogP contribution is -2.29. The maximum absolute atomic E-state index is 11.4. The molecule has 0 heterocycles. The molecule has 0 spiro atoms. The molecule has 0 aromatic heterocycles. The van der Waals surface area contributed by atoms with Crippen molar-refractivity contribution in [1.29, 1.82) is 0 Å². The van der Waals surface area contributed by atoms with Crippen LogP contribution in [0.2, 0.25) is 0 Å². The van der Waals surface area contributed by atoms with E-state index in [9.17, 15) is 4.79 Å². The van der Waals surface area contributed by atoms with Gasteiger partial charge in [-0.05, 0) is 50.4 Å². The molecule has 2 aliphatic carbocycles. The van der Waals surface area contributed by atoms with Crippen LogP contribution in [0.4, 0.5) is 0 Å². The highest BCUT2D eigenvalue weighted by atomic mass is 16.1. The van der Waals surface area contributed by atoms with Gasteiger partial charge in [-0.2, -0.15) is 0 Å². The van der Waals surface area contributed by atoms with Crippen molar-refractivity contribution in [2.45, 2.75) is 45.1 Å². The van der Waals surface area contributed by atoms with Crippen molar-refractivity contribution in [3.8, 4) is 0 Å². The molecule has 0 bridgehead atoms. The van der Waals surface area contributed by atoms with Crippen molar-refractivity contribution >= 4 is 5.78 Å². The van der Waals surface area contributed by atoms with Gasteiger partial charge in [0.25, 0.3) is 0 Å². The summed E-state index contributed by atoms with van der Waals surface area (Å²) in [6.07, 6.45) is 6.09. The largest absolute Gasteiger partial charge is 0.322 e. The van der Waals surface area contributed by atoms with Gasteiger partial charge in [0.05, 0.1) is 6.04 Å². The smallest absolute Gasteiger partial charge is 0.149 e. The van der Waals surface area contributed by atoms with Crippen LogP contribution >= 0.6 is 0 Å². The van der Waals surface area contributed by atoms with Crippen molar-refractivity contribution in [3.63, 3.8) is 0 Å². The normalized spacial score (nSPS) is 39.4. The monoisotopic (exact) mass is 181 g/mol. The molecule has 2 aliphatic rings. The number of carbonyl (C=O) groups is 1. The van der Waals surface area contributed by atoms with Gasteiger partial charge in [0.15, 0.2) is 0 Å². The number of rotatable bonds is 3. The molecule has 2 rings (SSSR count). The maximum atomic E-state index is 11.4. The van der Waals surface area contributed by atoms with Crippen LogP contribution in [-0.4, -0.2) is 11.8 Å². The Morgan fingerprint density at radius 3 is 2.77 bits per heavy atom. The molecule has 2 nitrogen and oxygen atoms in total. The molecule has 2 fully saturated rings. The van der Waals surface area contributed by atoms with Crippen LogP contribution in [0.3, 0.4) is 0 Å². The Morgan fingerprint density at radius 2 is 2.15 bits per heavy atom. The SMILES string of the molecule is C[C@H](N)C(=O)CC1CCC2CC2C1. The van der Waals surface area contributed by atoms with Crippen LogP contribution in [0.25, 0.3) is 0 Å². The number of hydrogen-bond acceptors (Lipinski definition) is 2. The molecule has 2 heteroatoms. The molecule has 2 N–H and O–H groups in total. The lowest BCUT2D eigenvalue weighted by molar-refractivity contribution is -0.121. The molecule has 13 heavy (non-hydrogen) atoms. The van der Waals surface area contributed by atoms with Gasteiger partial charge in [-0.15, -0.1) is 0 Å². The van der Waals surface area contributed by atoms with Gasteiger partial charge in [-0.1, -0.05) is 0 Å². The highest BCUT2D eigenvalue weighted by Crippen LogP contribution is 2.51. The summed E-state index contributed by atoms with van der Waals surface area (Å²) >= 11 is 0. The van der Waals surface area contributed by atoms with Gasteiger partial charge >= 0.3 is 0 Å². The van der Waals surface area contributed by atoms with Gasteiger partial charge < -0.3 is 5.73 Å². The van der Waals surface area contributed by atoms with Gasteiger partial charge in [0.2, 0.25) is 0 Å². The summed E-state index contributed by atoms with van der Waals surface area (Å²) in [5.41, 5.74) is 5.55. The molecule has 0 aliphatic heterocycles. The number of carbonyl (C=O) groups excluding carboxylic acids is 1. The molecule has 0 radical (unpaired) electrons. The lowest BCUT2D eigenvalue weighted by Gasteiger charge is -2.20. The summed E-state index contributed by atoms with van der Waals surface area (Å²) in [7, 11) is 0. The second-order valence-corrected chi connectivity index (χ2v) is 4.89. The molecule has 4 atom stereocenters. The van der Waals surface area contributed by atoms with Crippen LogP contribution in [0.1, 0.15) is 39.0 Å². The van der Waals surface area contributed by atoms with Crippen LogP contribution < -0.4 is 5.73 Å². The third kappa shape index (κ3) is 2.11. The predicted molar refractivity (Wildman–Crippen MR) is 52.2 cm³/mol. The average Bonchev–Trinajstić information content (AvgIpc) is 2.81. The van der Waals surface area contributed by atoms with Gasteiger partial charge in [0, 0.05) is 6.42 Å². The molecular formula is C11H19NO. The minimum atomic E-state index is -0.253. The van der Waals surface area contributed by atoms with Gasteiger partial charge in [-0.25, -0.2) is 0 Å². The first-order valence-corrected chi connectivity index (χ1v) is 5.45. The van der Waals surface area contributed by atoms with Crippen molar-refractivity contribution in [2.75, 3.05) is 0 Å². The summed E-state index contributed by atoms with van der Waals surface area (Å²) in [6.45, 7) is 1.80. The minimum absolute atomic E-state index is 0.253. The molecule has 0 amide bonds. The Bertz CT molecular complexity index is 212. The lowest BCUT2D eigenvalue weighted by atomic mass is 9.85. The predicted octanol–water partition coefficient (Wildman–Crippen LogP) is 1.73. The number of Topliss-reactive ketones (excluding diaryl/α,β-unsaturated/α-hetero) is 1.